The van der Waals surface area contributed by atoms with Crippen LogP contribution in [0.1, 0.15) is 29.4 Å². The lowest BCUT2D eigenvalue weighted by Crippen LogP contribution is -2.22. The summed E-state index contributed by atoms with van der Waals surface area (Å²) in [5.74, 6) is -0.456. The van der Waals surface area contributed by atoms with Gasteiger partial charge in [0.2, 0.25) is 5.91 Å². The van der Waals surface area contributed by atoms with Crippen molar-refractivity contribution in [2.24, 2.45) is 0 Å². The van der Waals surface area contributed by atoms with E-state index in [2.05, 4.69) is 15.5 Å². The number of carbonyl (C=O) groups excluding carboxylic acids is 2. The summed E-state index contributed by atoms with van der Waals surface area (Å²) in [5.41, 5.74) is 0.849. The van der Waals surface area contributed by atoms with Gasteiger partial charge in [-0.15, -0.1) is 0 Å². The highest BCUT2D eigenvalue weighted by Gasteiger charge is 2.20. The molecule has 0 aromatic carbocycles. The van der Waals surface area contributed by atoms with Crippen LogP contribution in [0.25, 0.3) is 0 Å². The highest BCUT2D eigenvalue weighted by atomic mass is 16.5. The Hall–Kier alpha value is -1.89. The molecule has 0 aliphatic rings. The standard InChI is InChI=1S/C12H20N4O3/c1-5-19-12(18)10-8(2)14-15-11(10)13-9(17)6-7-16(3)4/h5-7H2,1-4H3,(H2,13,14,15,17). The van der Waals surface area contributed by atoms with Crippen molar-refractivity contribution in [1.82, 2.24) is 15.1 Å². The summed E-state index contributed by atoms with van der Waals surface area (Å²) in [5, 5.41) is 9.20. The van der Waals surface area contributed by atoms with Crippen molar-refractivity contribution >= 4 is 17.7 Å². The SMILES string of the molecule is CCOC(=O)c1c(NC(=O)CCN(C)C)n[nH]c1C. The van der Waals surface area contributed by atoms with Crippen molar-refractivity contribution in [3.63, 3.8) is 0 Å². The summed E-state index contributed by atoms with van der Waals surface area (Å²) in [7, 11) is 3.77. The number of nitrogens with one attached hydrogen (secondary N) is 2. The first-order valence-corrected chi connectivity index (χ1v) is 6.12. The van der Waals surface area contributed by atoms with Crippen LogP contribution in [0.4, 0.5) is 5.82 Å². The zero-order valence-electron chi connectivity index (χ0n) is 11.7. The molecule has 1 aromatic rings. The van der Waals surface area contributed by atoms with Crippen molar-refractivity contribution in [1.29, 1.82) is 0 Å². The zero-order chi connectivity index (χ0) is 14.4. The van der Waals surface area contributed by atoms with E-state index in [9.17, 15) is 9.59 Å². The number of aromatic nitrogens is 2. The van der Waals surface area contributed by atoms with Crippen LogP contribution in [-0.2, 0) is 9.53 Å². The Bertz CT molecular complexity index is 454. The number of amides is 1. The molecule has 2 N–H and O–H groups in total. The Morgan fingerprint density at radius 2 is 2.11 bits per heavy atom. The van der Waals surface area contributed by atoms with Gasteiger partial charge in [-0.1, -0.05) is 0 Å². The van der Waals surface area contributed by atoms with Crippen LogP contribution in [0.3, 0.4) is 0 Å². The van der Waals surface area contributed by atoms with Crippen molar-refractivity contribution < 1.29 is 14.3 Å². The molecule has 0 fully saturated rings. The summed E-state index contributed by atoms with van der Waals surface area (Å²) in [6, 6.07) is 0. The third-order valence-corrected chi connectivity index (χ3v) is 2.47. The molecule has 7 heteroatoms. The van der Waals surface area contributed by atoms with E-state index in [1.54, 1.807) is 13.8 Å². The van der Waals surface area contributed by atoms with Gasteiger partial charge >= 0.3 is 5.97 Å². The van der Waals surface area contributed by atoms with Gasteiger partial charge in [0.15, 0.2) is 5.82 Å². The molecule has 7 nitrogen and oxygen atoms in total. The van der Waals surface area contributed by atoms with Crippen LogP contribution in [0.5, 0.6) is 0 Å². The second-order valence-corrected chi connectivity index (χ2v) is 4.39. The van der Waals surface area contributed by atoms with Gasteiger partial charge in [-0.2, -0.15) is 5.10 Å². The first-order chi connectivity index (χ1) is 8.95. The Labute approximate surface area is 112 Å². The van der Waals surface area contributed by atoms with Gasteiger partial charge in [0, 0.05) is 18.7 Å². The summed E-state index contributed by atoms with van der Waals surface area (Å²) in [6.07, 6.45) is 0.334. The topological polar surface area (TPSA) is 87.3 Å². The Morgan fingerprint density at radius 3 is 2.68 bits per heavy atom. The molecule has 1 heterocycles. The number of aromatic amines is 1. The lowest BCUT2D eigenvalue weighted by Gasteiger charge is -2.09. The van der Waals surface area contributed by atoms with E-state index in [0.29, 0.717) is 18.7 Å². The van der Waals surface area contributed by atoms with Crippen LogP contribution in [-0.4, -0.2) is 54.2 Å². The van der Waals surface area contributed by atoms with E-state index < -0.39 is 5.97 Å². The maximum absolute atomic E-state index is 11.8. The van der Waals surface area contributed by atoms with Gasteiger partial charge in [0.1, 0.15) is 5.56 Å². The minimum atomic E-state index is -0.489. The van der Waals surface area contributed by atoms with E-state index in [0.717, 1.165) is 0 Å². The van der Waals surface area contributed by atoms with Crippen LogP contribution in [0, 0.1) is 6.92 Å². The summed E-state index contributed by atoms with van der Waals surface area (Å²) >= 11 is 0. The molecule has 106 valence electrons. The van der Waals surface area contributed by atoms with Gasteiger partial charge in [-0.3, -0.25) is 9.89 Å². The first-order valence-electron chi connectivity index (χ1n) is 6.12. The number of aryl methyl sites for hydroxylation is 1. The fourth-order valence-electron chi connectivity index (χ4n) is 1.49. The number of nitrogens with zero attached hydrogens (tertiary/aromatic N) is 2. The maximum atomic E-state index is 11.8. The van der Waals surface area contributed by atoms with Gasteiger partial charge in [0.05, 0.1) is 6.61 Å². The monoisotopic (exact) mass is 268 g/mol. The minimum absolute atomic E-state index is 0.189. The smallest absolute Gasteiger partial charge is 0.343 e. The van der Waals surface area contributed by atoms with E-state index in [1.165, 1.54) is 0 Å². The number of esters is 1. The molecule has 0 aliphatic heterocycles. The van der Waals surface area contributed by atoms with Crippen LogP contribution < -0.4 is 5.32 Å². The quantitative estimate of drug-likeness (QED) is 0.745. The second kappa shape index (κ2) is 6.89. The normalized spacial score (nSPS) is 10.6. The minimum Gasteiger partial charge on any atom is -0.462 e. The number of rotatable bonds is 6. The first kappa shape index (κ1) is 15.2. The predicted octanol–water partition coefficient (Wildman–Crippen LogP) is 0.785. The number of ether oxygens (including phenoxy) is 1. The average molecular weight is 268 g/mol. The van der Waals surface area contributed by atoms with Crippen LogP contribution in [0.15, 0.2) is 0 Å². The molecular weight excluding hydrogens is 248 g/mol. The molecule has 1 amide bonds. The molecular formula is C12H20N4O3. The third-order valence-electron chi connectivity index (χ3n) is 2.47. The molecule has 19 heavy (non-hydrogen) atoms. The van der Waals surface area contributed by atoms with Crippen molar-refractivity contribution in [3.05, 3.63) is 11.3 Å². The molecule has 0 aliphatic carbocycles. The van der Waals surface area contributed by atoms with E-state index in [1.807, 2.05) is 19.0 Å². The number of H-pyrrole nitrogens is 1. The highest BCUT2D eigenvalue weighted by Crippen LogP contribution is 2.17. The molecule has 1 rings (SSSR count). The molecule has 0 saturated heterocycles. The molecule has 0 spiro atoms. The van der Waals surface area contributed by atoms with Gasteiger partial charge < -0.3 is 15.0 Å². The molecule has 0 atom stereocenters. The van der Waals surface area contributed by atoms with Crippen LogP contribution in [0.2, 0.25) is 0 Å². The predicted molar refractivity (Wildman–Crippen MR) is 71.1 cm³/mol. The highest BCUT2D eigenvalue weighted by molar-refractivity contribution is 6.00. The summed E-state index contributed by atoms with van der Waals surface area (Å²) < 4.78 is 4.93. The zero-order valence-corrected chi connectivity index (χ0v) is 11.7. The van der Waals surface area contributed by atoms with Crippen molar-refractivity contribution in [3.8, 4) is 0 Å². The van der Waals surface area contributed by atoms with E-state index in [-0.39, 0.29) is 23.9 Å². The number of hydrogen-bond donors (Lipinski definition) is 2. The third kappa shape index (κ3) is 4.36. The number of anilines is 1. The lowest BCUT2D eigenvalue weighted by atomic mass is 10.2. The van der Waals surface area contributed by atoms with E-state index in [4.69, 9.17) is 4.74 Å². The lowest BCUT2D eigenvalue weighted by molar-refractivity contribution is -0.116. The Kier molecular flexibility index (Phi) is 5.50. The largest absolute Gasteiger partial charge is 0.462 e. The maximum Gasteiger partial charge on any atom is 0.343 e. The molecule has 0 unspecified atom stereocenters. The fourth-order valence-corrected chi connectivity index (χ4v) is 1.49. The molecule has 0 saturated carbocycles. The van der Waals surface area contributed by atoms with Gasteiger partial charge in [-0.25, -0.2) is 4.79 Å². The fraction of sp³-hybridized carbons (Fsp3) is 0.583. The average Bonchev–Trinajstić information content (AvgIpc) is 2.68. The van der Waals surface area contributed by atoms with Gasteiger partial charge in [-0.05, 0) is 27.9 Å². The van der Waals surface area contributed by atoms with Crippen LogP contribution >= 0.6 is 0 Å². The van der Waals surface area contributed by atoms with Crippen molar-refractivity contribution in [2.75, 3.05) is 32.6 Å². The number of hydrogen-bond acceptors (Lipinski definition) is 5. The Morgan fingerprint density at radius 1 is 1.42 bits per heavy atom. The molecule has 0 radical (unpaired) electrons. The number of carbonyl (C=O) groups is 2. The van der Waals surface area contributed by atoms with E-state index >= 15 is 0 Å². The van der Waals surface area contributed by atoms with Crippen molar-refractivity contribution in [2.45, 2.75) is 20.3 Å². The Balaban J connectivity index is 2.73. The molecule has 0 bridgehead atoms. The second-order valence-electron chi connectivity index (χ2n) is 4.39. The summed E-state index contributed by atoms with van der Waals surface area (Å²) in [6.45, 7) is 4.33. The summed E-state index contributed by atoms with van der Waals surface area (Å²) in [4.78, 5) is 25.4. The molecule has 1 aromatic heterocycles. The van der Waals surface area contributed by atoms with Gasteiger partial charge in [0.25, 0.3) is 0 Å².